The van der Waals surface area contributed by atoms with E-state index in [-0.39, 0.29) is 24.6 Å². The maximum atomic E-state index is 10.9. The normalized spacial score (nSPS) is 17.5. The van der Waals surface area contributed by atoms with E-state index in [0.717, 1.165) is 19.4 Å². The molecule has 0 saturated carbocycles. The van der Waals surface area contributed by atoms with E-state index in [1.165, 1.54) is 6.92 Å². The molecule has 0 spiro atoms. The highest BCUT2D eigenvalue weighted by atomic mass is 35.5. The lowest BCUT2D eigenvalue weighted by Gasteiger charge is -2.09. The van der Waals surface area contributed by atoms with Gasteiger partial charge in [0, 0.05) is 17.8 Å². The fourth-order valence-corrected chi connectivity index (χ4v) is 1.50. The number of esters is 2. The molecule has 0 bridgehead atoms. The number of hydrogen-bond acceptors (Lipinski definition) is 6. The van der Waals surface area contributed by atoms with Gasteiger partial charge in [-0.15, -0.1) is 11.6 Å². The third-order valence-electron chi connectivity index (χ3n) is 2.71. The van der Waals surface area contributed by atoms with Crippen LogP contribution in [0.25, 0.3) is 0 Å². The van der Waals surface area contributed by atoms with Gasteiger partial charge in [-0.25, -0.2) is 9.59 Å². The molecule has 1 rings (SSSR count). The topological polar surface area (TPSA) is 82.1 Å². The number of carbonyl (C=O) groups is 2. The molecule has 0 radical (unpaired) electrons. The molecule has 1 aliphatic heterocycles. The zero-order chi connectivity index (χ0) is 17.8. The Kier molecular flexibility index (Phi) is 11.4. The van der Waals surface area contributed by atoms with Gasteiger partial charge in [-0.2, -0.15) is 0 Å². The van der Waals surface area contributed by atoms with Crippen LogP contribution in [0.1, 0.15) is 26.7 Å². The Bertz CT molecular complexity index is 415. The summed E-state index contributed by atoms with van der Waals surface area (Å²) in [6.07, 6.45) is 1.37. The van der Waals surface area contributed by atoms with Gasteiger partial charge in [0.15, 0.2) is 0 Å². The van der Waals surface area contributed by atoms with Crippen molar-refractivity contribution >= 4 is 23.5 Å². The number of ether oxygens (including phenoxy) is 3. The van der Waals surface area contributed by atoms with Crippen molar-refractivity contribution in [1.82, 2.24) is 0 Å². The van der Waals surface area contributed by atoms with Gasteiger partial charge in [-0.05, 0) is 26.7 Å². The van der Waals surface area contributed by atoms with E-state index in [9.17, 15) is 9.59 Å². The predicted octanol–water partition coefficient (Wildman–Crippen LogP) is 1.99. The van der Waals surface area contributed by atoms with Crippen LogP contribution >= 0.6 is 11.6 Å². The molecular formula is C16H25ClO6. The number of hydrogen-bond donors (Lipinski definition) is 1. The fourth-order valence-electron chi connectivity index (χ4n) is 1.41. The van der Waals surface area contributed by atoms with E-state index in [2.05, 4.69) is 17.9 Å². The van der Waals surface area contributed by atoms with E-state index in [0.29, 0.717) is 17.8 Å². The highest BCUT2D eigenvalue weighted by Gasteiger charge is 2.17. The van der Waals surface area contributed by atoms with Gasteiger partial charge >= 0.3 is 11.9 Å². The fraction of sp³-hybridized carbons (Fsp3) is 0.625. The number of aliphatic hydroxyl groups is 1. The van der Waals surface area contributed by atoms with E-state index < -0.39 is 12.1 Å². The van der Waals surface area contributed by atoms with E-state index in [4.69, 9.17) is 26.2 Å². The molecule has 2 unspecified atom stereocenters. The van der Waals surface area contributed by atoms with Gasteiger partial charge in [-0.3, -0.25) is 0 Å². The van der Waals surface area contributed by atoms with Crippen molar-refractivity contribution in [2.45, 2.75) is 38.9 Å². The van der Waals surface area contributed by atoms with Crippen LogP contribution in [0.5, 0.6) is 0 Å². The van der Waals surface area contributed by atoms with Crippen LogP contribution in [0.2, 0.25) is 0 Å². The zero-order valence-corrected chi connectivity index (χ0v) is 14.4. The predicted molar refractivity (Wildman–Crippen MR) is 87.2 cm³/mol. The summed E-state index contributed by atoms with van der Waals surface area (Å²) in [6.45, 7) is 11.1. The van der Waals surface area contributed by atoms with Crippen LogP contribution in [0, 0.1) is 0 Å². The summed E-state index contributed by atoms with van der Waals surface area (Å²) in [6, 6.07) is 0. The van der Waals surface area contributed by atoms with Crippen molar-refractivity contribution in [3.63, 3.8) is 0 Å². The molecule has 0 amide bonds. The third-order valence-corrected chi connectivity index (χ3v) is 3.06. The van der Waals surface area contributed by atoms with Crippen LogP contribution in [0.15, 0.2) is 24.3 Å². The maximum absolute atomic E-state index is 10.9. The van der Waals surface area contributed by atoms with Crippen LogP contribution < -0.4 is 0 Å². The van der Waals surface area contributed by atoms with Crippen LogP contribution in [0.4, 0.5) is 0 Å². The van der Waals surface area contributed by atoms with Gasteiger partial charge in [0.2, 0.25) is 0 Å². The van der Waals surface area contributed by atoms with Gasteiger partial charge in [-0.1, -0.05) is 13.2 Å². The summed E-state index contributed by atoms with van der Waals surface area (Å²) in [5, 5.41) is 8.85. The summed E-state index contributed by atoms with van der Waals surface area (Å²) in [7, 11) is 0. The average Bonchev–Trinajstić information content (AvgIpc) is 3.03. The zero-order valence-electron chi connectivity index (χ0n) is 13.7. The highest BCUT2D eigenvalue weighted by Crippen LogP contribution is 2.12. The Balaban J connectivity index is 0.000000423. The van der Waals surface area contributed by atoms with Crippen molar-refractivity contribution in [1.29, 1.82) is 0 Å². The van der Waals surface area contributed by atoms with Crippen molar-refractivity contribution in [2.24, 2.45) is 0 Å². The number of carbonyl (C=O) groups excluding carboxylic acids is 2. The lowest BCUT2D eigenvalue weighted by Crippen LogP contribution is -2.19. The number of rotatable bonds is 7. The van der Waals surface area contributed by atoms with Gasteiger partial charge in [0.05, 0.1) is 12.0 Å². The number of aliphatic hydroxyl groups excluding tert-OH is 1. The van der Waals surface area contributed by atoms with Crippen LogP contribution in [-0.4, -0.2) is 55.0 Å². The smallest absolute Gasteiger partial charge is 0.333 e. The van der Waals surface area contributed by atoms with Crippen LogP contribution in [-0.2, 0) is 23.8 Å². The second-order valence-corrected chi connectivity index (χ2v) is 5.51. The molecule has 0 aromatic heterocycles. The van der Waals surface area contributed by atoms with Gasteiger partial charge in [0.1, 0.15) is 19.3 Å². The van der Waals surface area contributed by atoms with Crippen molar-refractivity contribution in [3.8, 4) is 0 Å². The second-order valence-electron chi connectivity index (χ2n) is 5.20. The third kappa shape index (κ3) is 10.9. The van der Waals surface area contributed by atoms with Gasteiger partial charge < -0.3 is 19.3 Å². The molecule has 0 aromatic rings. The number of alkyl halides is 1. The molecule has 2 atom stereocenters. The van der Waals surface area contributed by atoms with Crippen molar-refractivity contribution in [3.05, 3.63) is 24.3 Å². The van der Waals surface area contributed by atoms with E-state index in [1.807, 2.05) is 0 Å². The Morgan fingerprint density at radius 3 is 2.26 bits per heavy atom. The lowest BCUT2D eigenvalue weighted by atomic mass is 10.2. The molecule has 1 fully saturated rings. The SMILES string of the molecule is C=C(C)C(=O)OCC(O)CCl.C=C(C)C(=O)OCC1CCCO1. The molecule has 1 heterocycles. The van der Waals surface area contributed by atoms with E-state index >= 15 is 0 Å². The summed E-state index contributed by atoms with van der Waals surface area (Å²) in [5.74, 6) is -0.775. The summed E-state index contributed by atoms with van der Waals surface area (Å²) < 4.78 is 14.8. The van der Waals surface area contributed by atoms with E-state index in [1.54, 1.807) is 6.92 Å². The average molecular weight is 349 g/mol. The van der Waals surface area contributed by atoms with Crippen molar-refractivity contribution < 1.29 is 28.9 Å². The number of halogens is 1. The first-order valence-electron chi connectivity index (χ1n) is 7.28. The molecule has 6 nitrogen and oxygen atoms in total. The molecule has 1 N–H and O–H groups in total. The lowest BCUT2D eigenvalue weighted by molar-refractivity contribution is -0.142. The minimum absolute atomic E-state index is 0.0590. The standard InChI is InChI=1S/C9H14O3.C7H11ClO3/c1-7(2)9(10)12-6-8-4-3-5-11-8;1-5(2)7(10)11-4-6(9)3-8/h8H,1,3-6H2,2H3;6,9H,1,3-4H2,2H3. The molecule has 7 heteroatoms. The summed E-state index contributed by atoms with van der Waals surface area (Å²) in [4.78, 5) is 21.6. The van der Waals surface area contributed by atoms with Crippen LogP contribution in [0.3, 0.4) is 0 Å². The largest absolute Gasteiger partial charge is 0.460 e. The monoisotopic (exact) mass is 348 g/mol. The maximum Gasteiger partial charge on any atom is 0.333 e. The Morgan fingerprint density at radius 2 is 1.83 bits per heavy atom. The first kappa shape index (κ1) is 21.6. The summed E-state index contributed by atoms with van der Waals surface area (Å²) in [5.41, 5.74) is 0.750. The quantitative estimate of drug-likeness (QED) is 0.430. The Morgan fingerprint density at radius 1 is 1.26 bits per heavy atom. The minimum Gasteiger partial charge on any atom is -0.460 e. The second kappa shape index (κ2) is 12.1. The molecule has 23 heavy (non-hydrogen) atoms. The Hall–Kier alpha value is -1.37. The summed E-state index contributed by atoms with van der Waals surface area (Å²) >= 11 is 5.25. The molecule has 1 aliphatic rings. The molecule has 132 valence electrons. The van der Waals surface area contributed by atoms with Crippen molar-refractivity contribution in [2.75, 3.05) is 25.7 Å². The molecular weight excluding hydrogens is 324 g/mol. The molecule has 0 aromatic carbocycles. The molecule has 1 saturated heterocycles. The first-order chi connectivity index (χ1) is 10.8. The minimum atomic E-state index is -0.792. The van der Waals surface area contributed by atoms with Gasteiger partial charge in [0.25, 0.3) is 0 Å². The highest BCUT2D eigenvalue weighted by molar-refractivity contribution is 6.18. The Labute approximate surface area is 142 Å². The first-order valence-corrected chi connectivity index (χ1v) is 7.82. The molecule has 0 aliphatic carbocycles.